The number of rotatable bonds is 4. The molecule has 6 nitrogen and oxygen atoms in total. The summed E-state index contributed by atoms with van der Waals surface area (Å²) in [6.07, 6.45) is 1.71. The molecule has 146 valence electrons. The molecule has 1 amide bonds. The van der Waals surface area contributed by atoms with Gasteiger partial charge in [0.1, 0.15) is 27.8 Å². The average Bonchev–Trinajstić information content (AvgIpc) is 3.38. The normalized spacial score (nSPS) is 11.0. The molecule has 0 unspecified atom stereocenters. The molecule has 30 heavy (non-hydrogen) atoms. The maximum atomic E-state index is 12.9. The van der Waals surface area contributed by atoms with Crippen LogP contribution in [0.5, 0.6) is 0 Å². The van der Waals surface area contributed by atoms with Crippen LogP contribution in [0.15, 0.2) is 77.4 Å². The van der Waals surface area contributed by atoms with E-state index in [1.165, 1.54) is 0 Å². The Balaban J connectivity index is 1.39. The number of carbonyl (C=O) groups excluding carboxylic acids is 1. The van der Waals surface area contributed by atoms with Crippen LogP contribution in [0.3, 0.4) is 0 Å². The van der Waals surface area contributed by atoms with Gasteiger partial charge in [0.2, 0.25) is 0 Å². The third-order valence-corrected chi connectivity index (χ3v) is 5.77. The molecule has 0 aliphatic rings. The van der Waals surface area contributed by atoms with Gasteiger partial charge in [0.25, 0.3) is 5.91 Å². The van der Waals surface area contributed by atoms with Crippen LogP contribution in [0.2, 0.25) is 0 Å². The summed E-state index contributed by atoms with van der Waals surface area (Å²) < 4.78 is 6.40. The van der Waals surface area contributed by atoms with E-state index in [-0.39, 0.29) is 5.91 Å². The van der Waals surface area contributed by atoms with Gasteiger partial charge >= 0.3 is 0 Å². The first-order valence-corrected chi connectivity index (χ1v) is 10.2. The Kier molecular flexibility index (Phi) is 4.57. The highest BCUT2D eigenvalue weighted by Gasteiger charge is 2.22. The number of carbonyl (C=O) groups is 1. The lowest BCUT2D eigenvalue weighted by Crippen LogP contribution is -2.14. The van der Waals surface area contributed by atoms with Crippen molar-refractivity contribution in [3.8, 4) is 21.8 Å². The predicted octanol–water partition coefficient (Wildman–Crippen LogP) is 5.57. The van der Waals surface area contributed by atoms with Crippen LogP contribution < -0.4 is 5.32 Å². The lowest BCUT2D eigenvalue weighted by atomic mass is 10.1. The van der Waals surface area contributed by atoms with Crippen LogP contribution in [0.25, 0.3) is 32.0 Å². The average molecular weight is 412 g/mol. The number of nitrogens with one attached hydrogen (secondary N) is 1. The van der Waals surface area contributed by atoms with Crippen LogP contribution >= 0.6 is 11.3 Å². The van der Waals surface area contributed by atoms with Crippen molar-refractivity contribution in [2.45, 2.75) is 6.92 Å². The number of thiazole rings is 1. The van der Waals surface area contributed by atoms with Crippen LogP contribution in [0.4, 0.5) is 5.82 Å². The zero-order chi connectivity index (χ0) is 20.5. The number of amides is 1. The van der Waals surface area contributed by atoms with Crippen molar-refractivity contribution < 1.29 is 9.32 Å². The molecule has 0 saturated carbocycles. The van der Waals surface area contributed by atoms with Crippen LogP contribution in [-0.2, 0) is 0 Å². The number of benzene rings is 2. The molecule has 0 atom stereocenters. The number of aryl methyl sites for hydroxylation is 1. The van der Waals surface area contributed by atoms with E-state index >= 15 is 0 Å². The van der Waals surface area contributed by atoms with E-state index in [4.69, 9.17) is 4.52 Å². The minimum absolute atomic E-state index is 0.312. The van der Waals surface area contributed by atoms with Crippen LogP contribution in [0.1, 0.15) is 16.1 Å². The number of para-hydroxylation sites is 1. The monoisotopic (exact) mass is 412 g/mol. The molecule has 0 bridgehead atoms. The van der Waals surface area contributed by atoms with E-state index in [1.54, 1.807) is 30.5 Å². The molecule has 1 N–H and O–H groups in total. The first-order chi connectivity index (χ1) is 14.7. The second-order valence-electron chi connectivity index (χ2n) is 6.70. The Labute approximate surface area is 176 Å². The van der Waals surface area contributed by atoms with E-state index in [0.717, 1.165) is 26.4 Å². The molecule has 3 heterocycles. The van der Waals surface area contributed by atoms with Gasteiger partial charge in [-0.25, -0.2) is 9.97 Å². The summed E-state index contributed by atoms with van der Waals surface area (Å²) in [4.78, 5) is 21.9. The van der Waals surface area contributed by atoms with Crippen molar-refractivity contribution in [2.75, 3.05) is 5.32 Å². The van der Waals surface area contributed by atoms with Gasteiger partial charge in [-0.15, -0.1) is 11.3 Å². The molecular formula is C23H16N4O2S. The number of pyridine rings is 1. The van der Waals surface area contributed by atoms with Crippen molar-refractivity contribution in [3.63, 3.8) is 0 Å². The topological polar surface area (TPSA) is 80.9 Å². The van der Waals surface area contributed by atoms with Gasteiger partial charge in [-0.3, -0.25) is 4.79 Å². The Hall–Kier alpha value is -3.84. The van der Waals surface area contributed by atoms with E-state index in [0.29, 0.717) is 22.8 Å². The van der Waals surface area contributed by atoms with Crippen molar-refractivity contribution in [2.24, 2.45) is 0 Å². The summed E-state index contributed by atoms with van der Waals surface area (Å²) in [6, 6.07) is 21.1. The van der Waals surface area contributed by atoms with E-state index in [1.807, 2.05) is 60.7 Å². The first kappa shape index (κ1) is 18.2. The van der Waals surface area contributed by atoms with Gasteiger partial charge in [0.05, 0.1) is 10.2 Å². The highest BCUT2D eigenvalue weighted by Crippen LogP contribution is 2.30. The smallest absolute Gasteiger partial charge is 0.262 e. The fraction of sp³-hybridized carbons (Fsp3) is 0.0435. The predicted molar refractivity (Wildman–Crippen MR) is 117 cm³/mol. The summed E-state index contributed by atoms with van der Waals surface area (Å²) in [5.41, 5.74) is 3.60. The highest BCUT2D eigenvalue weighted by atomic mass is 32.1. The number of fused-ring (bicyclic) bond motifs is 1. The maximum Gasteiger partial charge on any atom is 0.262 e. The lowest BCUT2D eigenvalue weighted by molar-refractivity contribution is 0.102. The Morgan fingerprint density at radius 3 is 2.53 bits per heavy atom. The first-order valence-electron chi connectivity index (χ1n) is 9.34. The molecular weight excluding hydrogens is 396 g/mol. The molecule has 5 aromatic rings. The fourth-order valence-electron chi connectivity index (χ4n) is 3.20. The summed E-state index contributed by atoms with van der Waals surface area (Å²) in [6.45, 7) is 1.72. The van der Waals surface area contributed by atoms with E-state index in [9.17, 15) is 4.79 Å². The minimum Gasteiger partial charge on any atom is -0.360 e. The molecule has 0 radical (unpaired) electrons. The Morgan fingerprint density at radius 2 is 1.77 bits per heavy atom. The van der Waals surface area contributed by atoms with E-state index in [2.05, 4.69) is 20.4 Å². The summed E-state index contributed by atoms with van der Waals surface area (Å²) in [7, 11) is 0. The molecule has 0 fully saturated rings. The Bertz CT molecular complexity index is 1310. The van der Waals surface area contributed by atoms with Crippen molar-refractivity contribution in [1.29, 1.82) is 0 Å². The van der Waals surface area contributed by atoms with Crippen LogP contribution in [0, 0.1) is 6.92 Å². The van der Waals surface area contributed by atoms with Gasteiger partial charge in [0, 0.05) is 17.3 Å². The SMILES string of the molecule is Cc1onc(-c2ccccc2)c1C(=O)Nc1ccc(-c2nc3ccccc3s2)cn1. The van der Waals surface area contributed by atoms with E-state index < -0.39 is 0 Å². The molecule has 0 spiro atoms. The molecule has 7 heteroatoms. The summed E-state index contributed by atoms with van der Waals surface area (Å²) in [5.74, 6) is 0.592. The molecule has 0 saturated heterocycles. The quantitative estimate of drug-likeness (QED) is 0.417. The summed E-state index contributed by atoms with van der Waals surface area (Å²) >= 11 is 1.61. The molecule has 2 aromatic carbocycles. The third-order valence-electron chi connectivity index (χ3n) is 4.68. The zero-order valence-electron chi connectivity index (χ0n) is 16.0. The highest BCUT2D eigenvalue weighted by molar-refractivity contribution is 7.21. The van der Waals surface area contributed by atoms with Crippen molar-refractivity contribution >= 4 is 33.3 Å². The second kappa shape index (κ2) is 7.53. The Morgan fingerprint density at radius 1 is 0.967 bits per heavy atom. The van der Waals surface area contributed by atoms with Gasteiger partial charge in [0.15, 0.2) is 0 Å². The maximum absolute atomic E-state index is 12.9. The van der Waals surface area contributed by atoms with Crippen molar-refractivity contribution in [3.05, 3.63) is 84.3 Å². The second-order valence-corrected chi connectivity index (χ2v) is 7.73. The lowest BCUT2D eigenvalue weighted by Gasteiger charge is -2.06. The standard InChI is InChI=1S/C23H16N4O2S/c1-14-20(21(27-29-14)15-7-3-2-4-8-15)22(28)26-19-12-11-16(13-24-19)23-25-17-9-5-6-10-18(17)30-23/h2-13H,1H3,(H,24,26,28). The summed E-state index contributed by atoms with van der Waals surface area (Å²) in [5, 5.41) is 7.79. The number of anilines is 1. The molecule has 0 aliphatic carbocycles. The number of hydrogen-bond donors (Lipinski definition) is 1. The number of hydrogen-bond acceptors (Lipinski definition) is 6. The van der Waals surface area contributed by atoms with Gasteiger partial charge in [-0.1, -0.05) is 47.6 Å². The van der Waals surface area contributed by atoms with Crippen LogP contribution in [-0.4, -0.2) is 21.0 Å². The number of aromatic nitrogens is 3. The van der Waals surface area contributed by atoms with Gasteiger partial charge < -0.3 is 9.84 Å². The third kappa shape index (κ3) is 3.35. The fourth-order valence-corrected chi connectivity index (χ4v) is 4.16. The number of nitrogens with zero attached hydrogens (tertiary/aromatic N) is 3. The zero-order valence-corrected chi connectivity index (χ0v) is 16.8. The molecule has 3 aromatic heterocycles. The minimum atomic E-state index is -0.312. The molecule has 0 aliphatic heterocycles. The van der Waals surface area contributed by atoms with Crippen molar-refractivity contribution in [1.82, 2.24) is 15.1 Å². The van der Waals surface area contributed by atoms with Gasteiger partial charge in [-0.05, 0) is 31.2 Å². The largest absolute Gasteiger partial charge is 0.360 e. The van der Waals surface area contributed by atoms with Gasteiger partial charge in [-0.2, -0.15) is 0 Å². The molecule has 5 rings (SSSR count).